The number of hydrogen-bond acceptors (Lipinski definition) is 2. The van der Waals surface area contributed by atoms with Crippen LogP contribution in [0.4, 0.5) is 0 Å². The summed E-state index contributed by atoms with van der Waals surface area (Å²) >= 11 is 4.88. The molecule has 0 amide bonds. The van der Waals surface area contributed by atoms with Crippen molar-refractivity contribution in [2.24, 2.45) is 0 Å². The summed E-state index contributed by atoms with van der Waals surface area (Å²) in [6, 6.07) is 8.89. The molecule has 0 aliphatic heterocycles. The summed E-state index contributed by atoms with van der Waals surface area (Å²) in [6.45, 7) is 7.06. The largest absolute Gasteiger partial charge is 3.00 e. The maximum absolute atomic E-state index is 4.88. The molecule has 1 aromatic carbocycles. The van der Waals surface area contributed by atoms with Gasteiger partial charge < -0.3 is 17.5 Å². The Balaban J connectivity index is 0.000000811. The van der Waals surface area contributed by atoms with E-state index in [0.29, 0.717) is 5.41 Å². The standard InChI is InChI=1S/C12H16NS.C2H6.Nd/c1-10-3-5-11(6-4-10)12(9-13-14)7-2-8-12;1-2;/h3-6,13H,2,7-9H2,1H3;1-2H3;/q-1;;+3. The van der Waals surface area contributed by atoms with E-state index in [1.165, 1.54) is 30.4 Å². The van der Waals surface area contributed by atoms with Gasteiger partial charge in [-0.25, -0.2) is 0 Å². The Kier molecular flexibility index (Phi) is 9.35. The molecule has 1 saturated carbocycles. The molecule has 1 aliphatic rings. The fourth-order valence-electron chi connectivity index (χ4n) is 2.22. The van der Waals surface area contributed by atoms with Gasteiger partial charge in [0, 0.05) is 5.41 Å². The van der Waals surface area contributed by atoms with Crippen LogP contribution in [0.15, 0.2) is 24.3 Å². The molecule has 0 saturated heterocycles. The van der Waals surface area contributed by atoms with Gasteiger partial charge in [-0.15, -0.1) is 0 Å². The average Bonchev–Trinajstić information content (AvgIpc) is 2.28. The quantitative estimate of drug-likeness (QED) is 0.806. The fraction of sp³-hybridized carbons (Fsp3) is 0.571. The Labute approximate surface area is 144 Å². The summed E-state index contributed by atoms with van der Waals surface area (Å²) in [5, 5.41) is 0. The van der Waals surface area contributed by atoms with E-state index in [2.05, 4.69) is 35.9 Å². The van der Waals surface area contributed by atoms with Crippen molar-refractivity contribution < 1.29 is 40.8 Å². The van der Waals surface area contributed by atoms with Crippen LogP contribution in [-0.2, 0) is 18.2 Å². The van der Waals surface area contributed by atoms with Crippen LogP contribution in [0.1, 0.15) is 44.2 Å². The summed E-state index contributed by atoms with van der Waals surface area (Å²) in [7, 11) is 0. The van der Waals surface area contributed by atoms with Gasteiger partial charge in [0.15, 0.2) is 0 Å². The van der Waals surface area contributed by atoms with E-state index in [0.717, 1.165) is 6.54 Å². The molecular weight excluding hydrogens is 358 g/mol. The van der Waals surface area contributed by atoms with E-state index >= 15 is 0 Å². The molecule has 3 heteroatoms. The number of rotatable bonds is 3. The van der Waals surface area contributed by atoms with Crippen LogP contribution in [0, 0.1) is 47.8 Å². The van der Waals surface area contributed by atoms with Crippen molar-refractivity contribution in [1.29, 1.82) is 0 Å². The molecular formula is C14H22NNdS+2. The first-order chi connectivity index (χ1) is 7.77. The molecule has 1 aromatic rings. The number of benzene rings is 1. The van der Waals surface area contributed by atoms with Crippen LogP contribution in [0.25, 0.3) is 0 Å². The maximum atomic E-state index is 4.88. The number of nitrogens with one attached hydrogen (secondary N) is 1. The summed E-state index contributed by atoms with van der Waals surface area (Å²) in [4.78, 5) is 0. The van der Waals surface area contributed by atoms with Crippen molar-refractivity contribution in [1.82, 2.24) is 4.72 Å². The van der Waals surface area contributed by atoms with Gasteiger partial charge >= 0.3 is 40.8 Å². The van der Waals surface area contributed by atoms with Crippen LogP contribution in [0.2, 0.25) is 0 Å². The van der Waals surface area contributed by atoms with E-state index in [1.54, 1.807) is 0 Å². The van der Waals surface area contributed by atoms with Crippen molar-refractivity contribution in [3.05, 3.63) is 35.4 Å². The van der Waals surface area contributed by atoms with Gasteiger partial charge in [0.25, 0.3) is 0 Å². The maximum Gasteiger partial charge on any atom is 3.00 e. The molecule has 1 fully saturated rings. The second-order valence-corrected chi connectivity index (χ2v) is 4.61. The van der Waals surface area contributed by atoms with E-state index in [4.69, 9.17) is 12.8 Å². The van der Waals surface area contributed by atoms with E-state index in [1.807, 2.05) is 13.8 Å². The molecule has 1 N–H and O–H groups in total. The van der Waals surface area contributed by atoms with E-state index < -0.39 is 0 Å². The molecule has 91 valence electrons. The van der Waals surface area contributed by atoms with Gasteiger partial charge in [-0.05, 0) is 31.9 Å². The molecule has 1 nitrogen and oxygen atoms in total. The van der Waals surface area contributed by atoms with Gasteiger partial charge in [0.1, 0.15) is 0 Å². The predicted molar refractivity (Wildman–Crippen MR) is 73.4 cm³/mol. The minimum absolute atomic E-state index is 0. The topological polar surface area (TPSA) is 12.0 Å². The molecule has 0 heterocycles. The van der Waals surface area contributed by atoms with Crippen molar-refractivity contribution >= 4 is 12.8 Å². The Bertz CT molecular complexity index is 307. The first-order valence-corrected chi connectivity index (χ1v) is 6.60. The average molecular weight is 381 g/mol. The zero-order valence-corrected chi connectivity index (χ0v) is 15.1. The zero-order chi connectivity index (χ0) is 12.0. The Morgan fingerprint density at radius 2 is 1.71 bits per heavy atom. The van der Waals surface area contributed by atoms with E-state index in [9.17, 15) is 0 Å². The SMILES string of the molecule is CC.Cc1ccc(C2(CN[S-])CCC2)cc1.[Nd+3]. The van der Waals surface area contributed by atoms with Gasteiger partial charge in [-0.3, -0.25) is 0 Å². The second-order valence-electron chi connectivity index (χ2n) is 4.32. The monoisotopic (exact) mass is 378 g/mol. The Morgan fingerprint density at radius 1 is 1.18 bits per heavy atom. The first-order valence-electron chi connectivity index (χ1n) is 6.19. The summed E-state index contributed by atoms with van der Waals surface area (Å²) < 4.78 is 2.91. The summed E-state index contributed by atoms with van der Waals surface area (Å²) in [5.41, 5.74) is 3.12. The van der Waals surface area contributed by atoms with Crippen LogP contribution >= 0.6 is 0 Å². The summed E-state index contributed by atoms with van der Waals surface area (Å²) in [5.74, 6) is 0. The third-order valence-corrected chi connectivity index (χ3v) is 3.53. The van der Waals surface area contributed by atoms with Gasteiger partial charge in [-0.1, -0.05) is 50.1 Å². The van der Waals surface area contributed by atoms with Gasteiger partial charge in [-0.2, -0.15) is 0 Å². The molecule has 17 heavy (non-hydrogen) atoms. The summed E-state index contributed by atoms with van der Waals surface area (Å²) in [6.07, 6.45) is 3.89. The van der Waals surface area contributed by atoms with Crippen molar-refractivity contribution in [3.63, 3.8) is 0 Å². The zero-order valence-electron chi connectivity index (χ0n) is 11.0. The normalized spacial score (nSPS) is 16.0. The predicted octanol–water partition coefficient (Wildman–Crippen LogP) is 3.49. The van der Waals surface area contributed by atoms with E-state index in [-0.39, 0.29) is 40.8 Å². The molecule has 1 radical (unpaired) electrons. The van der Waals surface area contributed by atoms with Crippen molar-refractivity contribution in [3.8, 4) is 0 Å². The van der Waals surface area contributed by atoms with Gasteiger partial charge in [0.05, 0.1) is 0 Å². The van der Waals surface area contributed by atoms with Crippen LogP contribution < -0.4 is 4.72 Å². The fourth-order valence-corrected chi connectivity index (χ4v) is 2.49. The number of aryl methyl sites for hydroxylation is 1. The smallest absolute Gasteiger partial charge is 0.705 e. The van der Waals surface area contributed by atoms with Crippen molar-refractivity contribution in [2.45, 2.75) is 45.4 Å². The number of hydrogen-bond donors (Lipinski definition) is 1. The van der Waals surface area contributed by atoms with Crippen LogP contribution in [0.3, 0.4) is 0 Å². The second kappa shape index (κ2) is 8.89. The van der Waals surface area contributed by atoms with Crippen LogP contribution in [-0.4, -0.2) is 6.54 Å². The Hall–Kier alpha value is 0.881. The first kappa shape index (κ1) is 17.9. The van der Waals surface area contributed by atoms with Gasteiger partial charge in [0.2, 0.25) is 0 Å². The third-order valence-electron chi connectivity index (χ3n) is 3.39. The van der Waals surface area contributed by atoms with Crippen molar-refractivity contribution in [2.75, 3.05) is 6.54 Å². The van der Waals surface area contributed by atoms with Crippen LogP contribution in [0.5, 0.6) is 0 Å². The minimum atomic E-state index is 0. The molecule has 0 unspecified atom stereocenters. The molecule has 1 aliphatic carbocycles. The molecule has 0 atom stereocenters. The molecule has 0 spiro atoms. The third kappa shape index (κ3) is 4.48. The molecule has 0 bridgehead atoms. The Morgan fingerprint density at radius 3 is 2.06 bits per heavy atom. The minimum Gasteiger partial charge on any atom is -0.705 e. The molecule has 2 rings (SSSR count). The molecule has 0 aromatic heterocycles.